The molecule has 0 amide bonds. The normalized spacial score (nSPS) is 27.6. The lowest BCUT2D eigenvalue weighted by atomic mass is 10.2. The Labute approximate surface area is 93.5 Å². The number of rotatable bonds is 3. The van der Waals surface area contributed by atoms with Gasteiger partial charge in [-0.3, -0.25) is 4.90 Å². The first kappa shape index (κ1) is 13.8. The molecule has 0 unspecified atom stereocenters. The first-order chi connectivity index (χ1) is 7.11. The zero-order valence-electron chi connectivity index (χ0n) is 9.29. The summed E-state index contributed by atoms with van der Waals surface area (Å²) in [5, 5.41) is -0.653. The summed E-state index contributed by atoms with van der Waals surface area (Å²) in [4.78, 5) is 1.11. The van der Waals surface area contributed by atoms with Crippen LogP contribution in [0.3, 0.4) is 0 Å². The molecule has 16 heavy (non-hydrogen) atoms. The number of hydrogen-bond acceptors (Lipinski definition) is 3. The van der Waals surface area contributed by atoms with Gasteiger partial charge in [0.15, 0.2) is 9.84 Å². The smallest absolute Gasteiger partial charge is 0.294 e. The van der Waals surface area contributed by atoms with Crippen LogP contribution in [0.2, 0.25) is 0 Å². The van der Waals surface area contributed by atoms with E-state index < -0.39 is 33.9 Å². The van der Waals surface area contributed by atoms with Crippen molar-refractivity contribution in [1.29, 1.82) is 0 Å². The standard InChI is InChI=1S/C9H16F3NO2S/c1-13(6-9(10,11)12)7-4-3-5-8(7)16(2,14)15/h7-8H,3-6H2,1-2H3/t7-,8-/m1/s1. The molecule has 0 N–H and O–H groups in total. The molecular formula is C9H16F3NO2S. The van der Waals surface area contributed by atoms with E-state index in [9.17, 15) is 21.6 Å². The molecule has 2 atom stereocenters. The Kier molecular flexibility index (Phi) is 3.89. The lowest BCUT2D eigenvalue weighted by molar-refractivity contribution is -0.147. The third kappa shape index (κ3) is 3.62. The Bertz CT molecular complexity index is 339. The van der Waals surface area contributed by atoms with E-state index in [0.717, 1.165) is 11.2 Å². The molecule has 0 saturated heterocycles. The van der Waals surface area contributed by atoms with Crippen LogP contribution in [0.15, 0.2) is 0 Å². The Balaban J connectivity index is 2.72. The molecule has 0 bridgehead atoms. The highest BCUT2D eigenvalue weighted by Crippen LogP contribution is 2.30. The fraction of sp³-hybridized carbons (Fsp3) is 1.00. The molecule has 1 aliphatic rings. The highest BCUT2D eigenvalue weighted by atomic mass is 32.2. The Hall–Kier alpha value is -0.300. The average molecular weight is 259 g/mol. The molecule has 1 saturated carbocycles. The van der Waals surface area contributed by atoms with Crippen molar-refractivity contribution in [3.05, 3.63) is 0 Å². The summed E-state index contributed by atoms with van der Waals surface area (Å²) in [5.74, 6) is 0. The molecule has 0 aromatic carbocycles. The van der Waals surface area contributed by atoms with Crippen molar-refractivity contribution in [3.8, 4) is 0 Å². The summed E-state index contributed by atoms with van der Waals surface area (Å²) >= 11 is 0. The molecule has 0 radical (unpaired) electrons. The number of hydrogen-bond donors (Lipinski definition) is 0. The van der Waals surface area contributed by atoms with E-state index in [0.29, 0.717) is 19.3 Å². The van der Waals surface area contributed by atoms with Crippen LogP contribution < -0.4 is 0 Å². The highest BCUT2D eigenvalue weighted by molar-refractivity contribution is 7.91. The van der Waals surface area contributed by atoms with Crippen LogP contribution >= 0.6 is 0 Å². The van der Waals surface area contributed by atoms with Gasteiger partial charge < -0.3 is 0 Å². The molecule has 0 heterocycles. The van der Waals surface area contributed by atoms with E-state index >= 15 is 0 Å². The lowest BCUT2D eigenvalue weighted by Crippen LogP contribution is -2.45. The van der Waals surface area contributed by atoms with Gasteiger partial charge in [0.2, 0.25) is 0 Å². The van der Waals surface area contributed by atoms with Crippen molar-refractivity contribution >= 4 is 9.84 Å². The summed E-state index contributed by atoms with van der Waals surface area (Å²) in [6.45, 7) is -1.05. The minimum atomic E-state index is -4.28. The zero-order valence-corrected chi connectivity index (χ0v) is 10.1. The molecule has 7 heteroatoms. The summed E-state index contributed by atoms with van der Waals surface area (Å²) < 4.78 is 59.4. The van der Waals surface area contributed by atoms with Crippen LogP contribution in [0, 0.1) is 0 Å². The summed E-state index contributed by atoms with van der Waals surface area (Å²) in [6, 6.07) is -0.503. The van der Waals surface area contributed by atoms with E-state index in [2.05, 4.69) is 0 Å². The second-order valence-electron chi connectivity index (χ2n) is 4.40. The van der Waals surface area contributed by atoms with Gasteiger partial charge in [0.05, 0.1) is 11.8 Å². The third-order valence-corrected chi connectivity index (χ3v) is 4.61. The van der Waals surface area contributed by atoms with Gasteiger partial charge in [-0.15, -0.1) is 0 Å². The quantitative estimate of drug-likeness (QED) is 0.769. The number of halogens is 3. The van der Waals surface area contributed by atoms with Gasteiger partial charge in [-0.05, 0) is 19.9 Å². The maximum atomic E-state index is 12.2. The number of nitrogens with zero attached hydrogens (tertiary/aromatic N) is 1. The second-order valence-corrected chi connectivity index (χ2v) is 6.66. The Morgan fingerprint density at radius 1 is 1.31 bits per heavy atom. The van der Waals surface area contributed by atoms with E-state index in [1.807, 2.05) is 0 Å². The molecule has 0 aromatic rings. The van der Waals surface area contributed by atoms with E-state index in [1.165, 1.54) is 7.05 Å². The molecule has 0 aliphatic heterocycles. The van der Waals surface area contributed by atoms with Crippen molar-refractivity contribution in [2.75, 3.05) is 19.8 Å². The molecule has 0 spiro atoms. The van der Waals surface area contributed by atoms with Crippen LogP contribution in [-0.4, -0.2) is 50.6 Å². The van der Waals surface area contributed by atoms with Crippen LogP contribution in [0.5, 0.6) is 0 Å². The molecule has 0 aromatic heterocycles. The summed E-state index contributed by atoms with van der Waals surface area (Å²) in [6.07, 6.45) is -1.53. The van der Waals surface area contributed by atoms with Crippen molar-refractivity contribution in [2.45, 2.75) is 36.7 Å². The largest absolute Gasteiger partial charge is 0.401 e. The average Bonchev–Trinajstić information content (AvgIpc) is 2.45. The highest BCUT2D eigenvalue weighted by Gasteiger charge is 2.40. The van der Waals surface area contributed by atoms with Gasteiger partial charge in [0.25, 0.3) is 0 Å². The fourth-order valence-corrected chi connectivity index (χ4v) is 3.82. The van der Waals surface area contributed by atoms with Crippen LogP contribution in [0.25, 0.3) is 0 Å². The second kappa shape index (κ2) is 4.52. The van der Waals surface area contributed by atoms with E-state index in [1.54, 1.807) is 0 Å². The molecular weight excluding hydrogens is 243 g/mol. The van der Waals surface area contributed by atoms with Crippen molar-refractivity contribution in [3.63, 3.8) is 0 Å². The minimum Gasteiger partial charge on any atom is -0.294 e. The van der Waals surface area contributed by atoms with Gasteiger partial charge in [0.1, 0.15) is 0 Å². The monoisotopic (exact) mass is 259 g/mol. The predicted molar refractivity (Wildman–Crippen MR) is 55.0 cm³/mol. The van der Waals surface area contributed by atoms with Gasteiger partial charge in [-0.1, -0.05) is 6.42 Å². The molecule has 3 nitrogen and oxygen atoms in total. The number of alkyl halides is 3. The first-order valence-corrected chi connectivity index (χ1v) is 7.02. The van der Waals surface area contributed by atoms with Crippen molar-refractivity contribution in [1.82, 2.24) is 4.90 Å². The Morgan fingerprint density at radius 3 is 2.31 bits per heavy atom. The Morgan fingerprint density at radius 2 is 1.88 bits per heavy atom. The SMILES string of the molecule is CN(CC(F)(F)F)[C@@H]1CCC[C@H]1S(C)(=O)=O. The third-order valence-electron chi connectivity index (χ3n) is 2.96. The van der Waals surface area contributed by atoms with Gasteiger partial charge in [-0.2, -0.15) is 13.2 Å². The van der Waals surface area contributed by atoms with E-state index in [-0.39, 0.29) is 0 Å². The first-order valence-electron chi connectivity index (χ1n) is 5.07. The van der Waals surface area contributed by atoms with E-state index in [4.69, 9.17) is 0 Å². The van der Waals surface area contributed by atoms with Gasteiger partial charge in [0, 0.05) is 12.3 Å². The molecule has 1 fully saturated rings. The van der Waals surface area contributed by atoms with Crippen LogP contribution in [0.1, 0.15) is 19.3 Å². The molecule has 1 aliphatic carbocycles. The molecule has 96 valence electrons. The molecule has 1 rings (SSSR count). The van der Waals surface area contributed by atoms with Crippen molar-refractivity contribution < 1.29 is 21.6 Å². The topological polar surface area (TPSA) is 37.4 Å². The minimum absolute atomic E-state index is 0.464. The van der Waals surface area contributed by atoms with Gasteiger partial charge >= 0.3 is 6.18 Å². The van der Waals surface area contributed by atoms with Gasteiger partial charge in [-0.25, -0.2) is 8.42 Å². The summed E-state index contributed by atoms with van der Waals surface area (Å²) in [7, 11) is -1.93. The maximum absolute atomic E-state index is 12.2. The van der Waals surface area contributed by atoms with Crippen LogP contribution in [0.4, 0.5) is 13.2 Å². The maximum Gasteiger partial charge on any atom is 0.401 e. The van der Waals surface area contributed by atoms with Crippen molar-refractivity contribution in [2.24, 2.45) is 0 Å². The zero-order chi connectivity index (χ0) is 12.6. The lowest BCUT2D eigenvalue weighted by Gasteiger charge is -2.29. The fourth-order valence-electron chi connectivity index (χ4n) is 2.31. The predicted octanol–water partition coefficient (Wildman–Crippen LogP) is 1.45. The summed E-state index contributed by atoms with van der Waals surface area (Å²) in [5.41, 5.74) is 0. The van der Waals surface area contributed by atoms with Crippen LogP contribution in [-0.2, 0) is 9.84 Å². The number of sulfone groups is 1.